The smallest absolute Gasteiger partial charge is 0.142 e. The van der Waals surface area contributed by atoms with E-state index in [9.17, 15) is 0 Å². The molecular weight excluding hydrogens is 395 g/mol. The fraction of sp³-hybridized carbons (Fsp3) is 0.455. The van der Waals surface area contributed by atoms with Gasteiger partial charge >= 0.3 is 0 Å². The maximum absolute atomic E-state index is 6.44. The van der Waals surface area contributed by atoms with Crippen LogP contribution in [0.1, 0.15) is 33.4 Å². The van der Waals surface area contributed by atoms with Gasteiger partial charge < -0.3 is 9.47 Å². The summed E-state index contributed by atoms with van der Waals surface area (Å²) in [7, 11) is 0. The van der Waals surface area contributed by atoms with Crippen LogP contribution < -0.4 is 9.47 Å². The van der Waals surface area contributed by atoms with E-state index in [-0.39, 0.29) is 0 Å². The third-order valence-corrected chi connectivity index (χ3v) is 7.01. The molecule has 2 aliphatic rings. The number of hydrogen-bond acceptors (Lipinski definition) is 4. The molecule has 6 heteroatoms. The molecule has 2 aromatic rings. The van der Waals surface area contributed by atoms with E-state index < -0.39 is 0 Å². The van der Waals surface area contributed by atoms with Gasteiger partial charge in [0.15, 0.2) is 0 Å². The van der Waals surface area contributed by atoms with Gasteiger partial charge in [0.05, 0.1) is 0 Å². The monoisotopic (exact) mass is 420 g/mol. The van der Waals surface area contributed by atoms with Gasteiger partial charge in [-0.25, -0.2) is 0 Å². The highest BCUT2D eigenvalue weighted by Gasteiger charge is 2.24. The average Bonchev–Trinajstić information content (AvgIpc) is 2.69. The van der Waals surface area contributed by atoms with E-state index in [2.05, 4.69) is 23.6 Å². The lowest BCUT2D eigenvalue weighted by Crippen LogP contribution is -2.41. The second-order valence-electron chi connectivity index (χ2n) is 7.87. The van der Waals surface area contributed by atoms with Crippen LogP contribution in [0, 0.1) is 27.7 Å². The standard InChI is InChI=1S/C22H26Cl2N2O2/c1-13-7-19-17(15(3)21(13)23)9-25(11-27-19)5-6-26-10-18-16(4)22(24)14(2)8-20(18)28-12-26/h7-8H,5-6,9-12H2,1-4H3. The van der Waals surface area contributed by atoms with Crippen molar-refractivity contribution in [2.45, 2.75) is 40.8 Å². The summed E-state index contributed by atoms with van der Waals surface area (Å²) in [6, 6.07) is 4.10. The lowest BCUT2D eigenvalue weighted by molar-refractivity contribution is 0.0518. The quantitative estimate of drug-likeness (QED) is 0.678. The molecule has 0 saturated carbocycles. The number of nitrogens with zero attached hydrogens (tertiary/aromatic N) is 2. The minimum atomic E-state index is 0.600. The van der Waals surface area contributed by atoms with Crippen molar-refractivity contribution < 1.29 is 9.47 Å². The number of fused-ring (bicyclic) bond motifs is 2. The fourth-order valence-electron chi connectivity index (χ4n) is 4.00. The van der Waals surface area contributed by atoms with Gasteiger partial charge in [-0.15, -0.1) is 0 Å². The first-order valence-electron chi connectivity index (χ1n) is 9.62. The first-order valence-corrected chi connectivity index (χ1v) is 10.4. The molecule has 150 valence electrons. The third kappa shape index (κ3) is 3.59. The van der Waals surface area contributed by atoms with Gasteiger partial charge in [-0.05, 0) is 62.1 Å². The van der Waals surface area contributed by atoms with E-state index in [1.165, 1.54) is 11.1 Å². The van der Waals surface area contributed by atoms with Crippen LogP contribution in [-0.2, 0) is 13.1 Å². The van der Waals surface area contributed by atoms with E-state index in [0.717, 1.165) is 70.0 Å². The van der Waals surface area contributed by atoms with Crippen molar-refractivity contribution in [2.24, 2.45) is 0 Å². The highest BCUT2D eigenvalue weighted by Crippen LogP contribution is 2.36. The zero-order valence-corrected chi connectivity index (χ0v) is 18.4. The molecule has 0 unspecified atom stereocenters. The Morgan fingerprint density at radius 3 is 1.54 bits per heavy atom. The number of rotatable bonds is 3. The Labute approximate surface area is 176 Å². The Kier molecular flexibility index (Phi) is 5.49. The molecule has 2 aliphatic heterocycles. The van der Waals surface area contributed by atoms with Crippen LogP contribution in [0.4, 0.5) is 0 Å². The van der Waals surface area contributed by atoms with Crippen LogP contribution >= 0.6 is 23.2 Å². The van der Waals surface area contributed by atoms with E-state index in [1.54, 1.807) is 0 Å². The molecule has 0 fully saturated rings. The minimum Gasteiger partial charge on any atom is -0.478 e. The van der Waals surface area contributed by atoms with E-state index in [4.69, 9.17) is 32.7 Å². The first-order chi connectivity index (χ1) is 13.3. The molecule has 0 amide bonds. The third-order valence-electron chi connectivity index (χ3n) is 5.85. The Balaban J connectivity index is 1.41. The van der Waals surface area contributed by atoms with Gasteiger partial charge in [0.25, 0.3) is 0 Å². The maximum Gasteiger partial charge on any atom is 0.142 e. The molecule has 0 saturated heterocycles. The molecule has 0 aliphatic carbocycles. The summed E-state index contributed by atoms with van der Waals surface area (Å²) in [6.07, 6.45) is 0. The zero-order valence-electron chi connectivity index (χ0n) is 16.9. The van der Waals surface area contributed by atoms with E-state index in [0.29, 0.717) is 13.5 Å². The zero-order chi connectivity index (χ0) is 20.0. The van der Waals surface area contributed by atoms with Gasteiger partial charge in [0.1, 0.15) is 25.0 Å². The number of halogens is 2. The van der Waals surface area contributed by atoms with Gasteiger partial charge in [-0.3, -0.25) is 9.80 Å². The van der Waals surface area contributed by atoms with Crippen LogP contribution in [0.2, 0.25) is 10.0 Å². The second kappa shape index (κ2) is 7.75. The Morgan fingerprint density at radius 2 is 1.14 bits per heavy atom. The van der Waals surface area contributed by atoms with Crippen LogP contribution in [-0.4, -0.2) is 36.4 Å². The van der Waals surface area contributed by atoms with Crippen LogP contribution in [0.25, 0.3) is 0 Å². The number of benzene rings is 2. The van der Waals surface area contributed by atoms with E-state index in [1.807, 2.05) is 26.0 Å². The van der Waals surface area contributed by atoms with Gasteiger partial charge in [0, 0.05) is 47.4 Å². The summed E-state index contributed by atoms with van der Waals surface area (Å²) < 4.78 is 12.0. The van der Waals surface area contributed by atoms with E-state index >= 15 is 0 Å². The molecule has 4 nitrogen and oxygen atoms in total. The predicted molar refractivity (Wildman–Crippen MR) is 114 cm³/mol. The van der Waals surface area contributed by atoms with Crippen molar-refractivity contribution in [2.75, 3.05) is 26.6 Å². The molecule has 4 rings (SSSR count). The molecule has 0 atom stereocenters. The lowest BCUT2D eigenvalue weighted by atomic mass is 10.0. The van der Waals surface area contributed by atoms with Crippen LogP contribution in [0.5, 0.6) is 11.5 Å². The largest absolute Gasteiger partial charge is 0.478 e. The SMILES string of the molecule is Cc1cc2c(c(C)c1Cl)CN(CCN1COc3cc(C)c(Cl)c(C)c3C1)CO2. The molecular formula is C22H26Cl2N2O2. The summed E-state index contributed by atoms with van der Waals surface area (Å²) in [6.45, 7) is 12.9. The molecule has 0 spiro atoms. The Morgan fingerprint density at radius 1 is 0.750 bits per heavy atom. The first kappa shape index (κ1) is 19.8. The average molecular weight is 421 g/mol. The van der Waals surface area contributed by atoms with Gasteiger partial charge in [0.2, 0.25) is 0 Å². The van der Waals surface area contributed by atoms with Crippen molar-refractivity contribution in [1.82, 2.24) is 9.80 Å². The summed E-state index contributed by atoms with van der Waals surface area (Å²) in [4.78, 5) is 4.62. The highest BCUT2D eigenvalue weighted by molar-refractivity contribution is 6.32. The normalized spacial score (nSPS) is 16.9. The maximum atomic E-state index is 6.44. The topological polar surface area (TPSA) is 24.9 Å². The number of ether oxygens (including phenoxy) is 2. The summed E-state index contributed by atoms with van der Waals surface area (Å²) in [5, 5.41) is 1.68. The summed E-state index contributed by atoms with van der Waals surface area (Å²) in [5.74, 6) is 1.93. The van der Waals surface area contributed by atoms with Crippen molar-refractivity contribution in [3.8, 4) is 11.5 Å². The van der Waals surface area contributed by atoms with Crippen molar-refractivity contribution in [3.63, 3.8) is 0 Å². The predicted octanol–water partition coefficient (Wildman–Crippen LogP) is 5.23. The second-order valence-corrected chi connectivity index (χ2v) is 8.63. The Bertz CT molecular complexity index is 854. The molecule has 2 aromatic carbocycles. The summed E-state index contributed by atoms with van der Waals surface area (Å²) in [5.41, 5.74) is 6.77. The van der Waals surface area contributed by atoms with Crippen molar-refractivity contribution >= 4 is 23.2 Å². The molecule has 0 N–H and O–H groups in total. The summed E-state index contributed by atoms with van der Waals surface area (Å²) >= 11 is 12.9. The lowest BCUT2D eigenvalue weighted by Gasteiger charge is -2.34. The number of aryl methyl sites for hydroxylation is 2. The van der Waals surface area contributed by atoms with Gasteiger partial charge in [-0.1, -0.05) is 23.2 Å². The molecule has 0 bridgehead atoms. The molecule has 2 heterocycles. The number of hydrogen-bond donors (Lipinski definition) is 0. The van der Waals surface area contributed by atoms with Crippen molar-refractivity contribution in [3.05, 3.63) is 55.6 Å². The fourth-order valence-corrected chi connectivity index (χ4v) is 4.34. The van der Waals surface area contributed by atoms with Crippen LogP contribution in [0.15, 0.2) is 12.1 Å². The van der Waals surface area contributed by atoms with Gasteiger partial charge in [-0.2, -0.15) is 0 Å². The highest BCUT2D eigenvalue weighted by atomic mass is 35.5. The molecule has 28 heavy (non-hydrogen) atoms. The molecule has 0 aromatic heterocycles. The Hall–Kier alpha value is -1.46. The van der Waals surface area contributed by atoms with Crippen LogP contribution in [0.3, 0.4) is 0 Å². The minimum absolute atomic E-state index is 0.600. The molecule has 0 radical (unpaired) electrons. The van der Waals surface area contributed by atoms with Crippen molar-refractivity contribution in [1.29, 1.82) is 0 Å².